The van der Waals surface area contributed by atoms with Crippen LogP contribution in [0, 0.1) is 13.8 Å². The highest BCUT2D eigenvalue weighted by molar-refractivity contribution is 6.16. The molecule has 0 saturated carbocycles. The molecule has 0 saturated heterocycles. The van der Waals surface area contributed by atoms with Crippen molar-refractivity contribution in [1.82, 2.24) is 4.57 Å². The molecule has 0 radical (unpaired) electrons. The van der Waals surface area contributed by atoms with E-state index in [1.54, 1.807) is 0 Å². The van der Waals surface area contributed by atoms with Crippen LogP contribution in [0.5, 0.6) is 0 Å². The lowest BCUT2D eigenvalue weighted by Gasteiger charge is -2.26. The van der Waals surface area contributed by atoms with Gasteiger partial charge in [0.25, 0.3) is 0 Å². The molecule has 11 rings (SSSR count). The quantitative estimate of drug-likeness (QED) is 0.155. The van der Waals surface area contributed by atoms with Crippen molar-refractivity contribution in [1.29, 1.82) is 0 Å². The summed E-state index contributed by atoms with van der Waals surface area (Å²) in [6.45, 7) is 12.5. The van der Waals surface area contributed by atoms with Gasteiger partial charge in [-0.05, 0) is 153 Å². The van der Waals surface area contributed by atoms with E-state index in [4.69, 9.17) is 0 Å². The molecule has 0 atom stereocenters. The second-order valence-electron chi connectivity index (χ2n) is 15.9. The molecule has 0 N–H and O–H groups in total. The molecule has 2 heteroatoms. The van der Waals surface area contributed by atoms with E-state index < -0.39 is 0 Å². The van der Waals surface area contributed by atoms with Gasteiger partial charge in [0, 0.05) is 33.5 Å². The number of aromatic nitrogens is 1. The summed E-state index contributed by atoms with van der Waals surface area (Å²) in [4.78, 5) is 2.33. The van der Waals surface area contributed by atoms with Crippen LogP contribution in [0.15, 0.2) is 218 Å². The Bertz CT molecular complexity index is 3360. The lowest BCUT2D eigenvalue weighted by Crippen LogP contribution is -2.09. The number of hydrogen-bond donors (Lipinski definition) is 0. The topological polar surface area (TPSA) is 8.17 Å². The van der Waals surface area contributed by atoms with Crippen LogP contribution in [0.4, 0.5) is 17.1 Å². The summed E-state index contributed by atoms with van der Waals surface area (Å²) >= 11 is 0. The van der Waals surface area contributed by atoms with Crippen LogP contribution in [-0.2, 0) is 0 Å². The van der Waals surface area contributed by atoms with Crippen molar-refractivity contribution in [3.8, 4) is 39.1 Å². The Hall–Kier alpha value is -7.68. The Morgan fingerprint density at radius 3 is 1.56 bits per heavy atom. The first-order valence-corrected chi connectivity index (χ1v) is 22.8. The fourth-order valence-corrected chi connectivity index (χ4v) is 9.19. The zero-order valence-corrected chi connectivity index (χ0v) is 37.7. The maximum atomic E-state index is 2.44. The predicted molar refractivity (Wildman–Crippen MR) is 279 cm³/mol. The van der Waals surface area contributed by atoms with Crippen molar-refractivity contribution in [3.05, 3.63) is 230 Å². The van der Waals surface area contributed by atoms with Gasteiger partial charge in [-0.25, -0.2) is 0 Å². The van der Waals surface area contributed by atoms with Crippen LogP contribution in [0.25, 0.3) is 82.4 Å². The van der Waals surface area contributed by atoms with Crippen molar-refractivity contribution in [2.75, 3.05) is 4.90 Å². The minimum atomic E-state index is 1.12. The number of rotatable bonds is 7. The molecule has 1 aromatic heterocycles. The van der Waals surface area contributed by atoms with Gasteiger partial charge in [0.05, 0.1) is 11.0 Å². The normalized spacial score (nSPS) is 11.0. The summed E-state index contributed by atoms with van der Waals surface area (Å²) in [7, 11) is 0. The van der Waals surface area contributed by atoms with Gasteiger partial charge >= 0.3 is 0 Å². The smallest absolute Gasteiger partial charge is 0.0547 e. The van der Waals surface area contributed by atoms with E-state index in [0.717, 1.165) is 22.7 Å². The molecule has 0 aliphatic heterocycles. The third-order valence-corrected chi connectivity index (χ3v) is 12.2. The number of para-hydroxylation sites is 2. The number of hydrogen-bond acceptors (Lipinski definition) is 1. The molecule has 1 heterocycles. The molecule has 0 fully saturated rings. The molecule has 64 heavy (non-hydrogen) atoms. The fraction of sp³-hybridized carbons (Fsp3) is 0.0968. The van der Waals surface area contributed by atoms with Crippen LogP contribution in [0.2, 0.25) is 0 Å². The van der Waals surface area contributed by atoms with Gasteiger partial charge in [-0.3, -0.25) is 0 Å². The van der Waals surface area contributed by atoms with E-state index in [1.807, 2.05) is 27.7 Å². The molecule has 0 spiro atoms. The summed E-state index contributed by atoms with van der Waals surface area (Å²) in [6, 6.07) is 79.7. The van der Waals surface area contributed by atoms with Gasteiger partial charge in [-0.15, -0.1) is 0 Å². The monoisotopic (exact) mass is 826 g/mol. The molecule has 11 aromatic rings. The Kier molecular flexibility index (Phi) is 11.9. The highest BCUT2D eigenvalue weighted by atomic mass is 15.1. The molecular weight excluding hydrogens is 773 g/mol. The Labute approximate surface area is 378 Å². The third kappa shape index (κ3) is 7.73. The molecule has 2 nitrogen and oxygen atoms in total. The van der Waals surface area contributed by atoms with E-state index >= 15 is 0 Å². The van der Waals surface area contributed by atoms with E-state index in [1.165, 1.54) is 87.9 Å². The molecular formula is C62H54N2. The summed E-state index contributed by atoms with van der Waals surface area (Å²) in [5, 5.41) is 7.51. The number of nitrogens with zero attached hydrogens (tertiary/aromatic N) is 2. The number of anilines is 3. The average molecular weight is 827 g/mol. The van der Waals surface area contributed by atoms with Crippen molar-refractivity contribution >= 4 is 60.4 Å². The van der Waals surface area contributed by atoms with Gasteiger partial charge < -0.3 is 9.47 Å². The third-order valence-electron chi connectivity index (χ3n) is 12.2. The SMILES string of the molecule is CC.CC.Cc1ccccc1-c1c(C)ccc2cc3c(cc12)c1cc(-c2ccc(-c4ccc(N(c5ccccc5)c5ccc6ccccc6c5)cc4)cc2)ccc1n3-c1ccccc1. The highest BCUT2D eigenvalue weighted by Gasteiger charge is 2.18. The van der Waals surface area contributed by atoms with Gasteiger partial charge in [-0.1, -0.05) is 173 Å². The van der Waals surface area contributed by atoms with Crippen molar-refractivity contribution in [2.45, 2.75) is 41.5 Å². The standard InChI is InChI=1S/C58H42N2.2C2H6/c1-39-13-9-12-20-52(39)58-40(2)21-22-47-37-57-55(38-53(47)58)54-36-46(30-34-56(54)60(57)49-18-7-4-8-19-49)44-25-23-42(24-26-44)43-27-31-50(32-28-43)59(48-16-5-3-6-17-48)51-33-29-41-14-10-11-15-45(41)35-51;2*1-2/h3-38H,1-2H3;2*1-2H3. The van der Waals surface area contributed by atoms with E-state index in [2.05, 4.69) is 242 Å². The summed E-state index contributed by atoms with van der Waals surface area (Å²) in [6.07, 6.45) is 0. The minimum absolute atomic E-state index is 1.12. The number of fused-ring (bicyclic) bond motifs is 5. The van der Waals surface area contributed by atoms with Crippen LogP contribution in [-0.4, -0.2) is 4.57 Å². The van der Waals surface area contributed by atoms with Crippen molar-refractivity contribution < 1.29 is 0 Å². The van der Waals surface area contributed by atoms with Gasteiger partial charge in [0.1, 0.15) is 0 Å². The minimum Gasteiger partial charge on any atom is -0.310 e. The maximum Gasteiger partial charge on any atom is 0.0547 e. The molecule has 0 bridgehead atoms. The summed E-state index contributed by atoms with van der Waals surface area (Å²) in [5.41, 5.74) is 16.9. The zero-order chi connectivity index (χ0) is 44.2. The van der Waals surface area contributed by atoms with Gasteiger partial charge in [0.2, 0.25) is 0 Å². The van der Waals surface area contributed by atoms with Crippen LogP contribution < -0.4 is 4.90 Å². The number of benzene rings is 10. The molecule has 0 aliphatic carbocycles. The first kappa shape index (κ1) is 41.7. The highest BCUT2D eigenvalue weighted by Crippen LogP contribution is 2.42. The van der Waals surface area contributed by atoms with Gasteiger partial charge in [-0.2, -0.15) is 0 Å². The fourth-order valence-electron chi connectivity index (χ4n) is 9.19. The maximum absolute atomic E-state index is 2.44. The average Bonchev–Trinajstić information content (AvgIpc) is 3.68. The second-order valence-corrected chi connectivity index (χ2v) is 15.9. The first-order valence-electron chi connectivity index (χ1n) is 22.8. The van der Waals surface area contributed by atoms with E-state index in [9.17, 15) is 0 Å². The molecule has 0 amide bonds. The van der Waals surface area contributed by atoms with Crippen molar-refractivity contribution in [3.63, 3.8) is 0 Å². The van der Waals surface area contributed by atoms with Gasteiger partial charge in [0.15, 0.2) is 0 Å². The Morgan fingerprint density at radius 2 is 0.859 bits per heavy atom. The summed E-state index contributed by atoms with van der Waals surface area (Å²) < 4.78 is 2.42. The Morgan fingerprint density at radius 1 is 0.328 bits per heavy atom. The van der Waals surface area contributed by atoms with E-state index in [0.29, 0.717) is 0 Å². The van der Waals surface area contributed by atoms with Crippen molar-refractivity contribution in [2.24, 2.45) is 0 Å². The predicted octanol–water partition coefficient (Wildman–Crippen LogP) is 18.2. The molecule has 10 aromatic carbocycles. The molecule has 0 unspecified atom stereocenters. The molecule has 0 aliphatic rings. The van der Waals surface area contributed by atoms with E-state index in [-0.39, 0.29) is 0 Å². The van der Waals surface area contributed by atoms with Crippen LogP contribution in [0.1, 0.15) is 38.8 Å². The lowest BCUT2D eigenvalue weighted by atomic mass is 9.90. The summed E-state index contributed by atoms with van der Waals surface area (Å²) in [5.74, 6) is 0. The second kappa shape index (κ2) is 18.3. The largest absolute Gasteiger partial charge is 0.310 e. The zero-order valence-electron chi connectivity index (χ0n) is 37.7. The lowest BCUT2D eigenvalue weighted by molar-refractivity contribution is 1.18. The number of aryl methyl sites for hydroxylation is 2. The van der Waals surface area contributed by atoms with Crippen LogP contribution >= 0.6 is 0 Å². The van der Waals surface area contributed by atoms with Crippen LogP contribution in [0.3, 0.4) is 0 Å². The first-order chi connectivity index (χ1) is 31.6. The Balaban J connectivity index is 0.00000126. The molecule has 312 valence electrons.